The Kier molecular flexibility index (Phi) is 7.47. The molecule has 3 heterocycles. The summed E-state index contributed by atoms with van der Waals surface area (Å²) in [4.78, 5) is 41.3. The summed E-state index contributed by atoms with van der Waals surface area (Å²) >= 11 is 0. The quantitative estimate of drug-likeness (QED) is 0.739. The van der Waals surface area contributed by atoms with Crippen LogP contribution in [0.3, 0.4) is 0 Å². The first-order valence-electron chi connectivity index (χ1n) is 11.6. The SMILES string of the molecule is O=C(CN1CCC(C(=O)N2CCCCCC2)CC1)NC(=O)Nc1ccc2c(c1)OCCO2. The highest BCUT2D eigenvalue weighted by Crippen LogP contribution is 2.32. The standard InChI is InChI=1S/C23H32N4O5/c28-21(25-23(30)24-18-5-6-19-20(15-18)32-14-13-31-19)16-26-11-7-17(8-12-26)22(29)27-9-3-1-2-4-10-27/h5-6,15,17H,1-4,7-14,16H2,(H2,24,25,28,30). The minimum atomic E-state index is -0.585. The van der Waals surface area contributed by atoms with Crippen LogP contribution in [-0.4, -0.2) is 73.6 Å². The van der Waals surface area contributed by atoms with Crippen LogP contribution >= 0.6 is 0 Å². The maximum absolute atomic E-state index is 12.8. The summed E-state index contributed by atoms with van der Waals surface area (Å²) in [6.45, 7) is 4.21. The van der Waals surface area contributed by atoms with Gasteiger partial charge in [-0.1, -0.05) is 12.8 Å². The number of anilines is 1. The molecule has 9 heteroatoms. The van der Waals surface area contributed by atoms with E-state index in [0.717, 1.165) is 38.8 Å². The number of hydrogen-bond acceptors (Lipinski definition) is 6. The number of imide groups is 1. The molecule has 0 atom stereocenters. The van der Waals surface area contributed by atoms with Crippen molar-refractivity contribution in [3.63, 3.8) is 0 Å². The third-order valence-electron chi connectivity index (χ3n) is 6.27. The van der Waals surface area contributed by atoms with E-state index < -0.39 is 6.03 Å². The number of amides is 4. The monoisotopic (exact) mass is 444 g/mol. The van der Waals surface area contributed by atoms with Gasteiger partial charge in [0.05, 0.1) is 6.54 Å². The van der Waals surface area contributed by atoms with Crippen LogP contribution in [0.15, 0.2) is 18.2 Å². The molecule has 2 saturated heterocycles. The number of hydrogen-bond donors (Lipinski definition) is 2. The average Bonchev–Trinajstić information content (AvgIpc) is 3.08. The smallest absolute Gasteiger partial charge is 0.325 e. The van der Waals surface area contributed by atoms with E-state index in [4.69, 9.17) is 9.47 Å². The highest BCUT2D eigenvalue weighted by molar-refractivity contribution is 6.01. The Balaban J connectivity index is 1.18. The Hall–Kier alpha value is -2.81. The predicted molar refractivity (Wildman–Crippen MR) is 119 cm³/mol. The van der Waals surface area contributed by atoms with Crippen molar-refractivity contribution in [1.82, 2.24) is 15.1 Å². The third-order valence-corrected chi connectivity index (χ3v) is 6.27. The highest BCUT2D eigenvalue weighted by Gasteiger charge is 2.29. The zero-order valence-corrected chi connectivity index (χ0v) is 18.4. The Morgan fingerprint density at radius 3 is 2.31 bits per heavy atom. The number of carbonyl (C=O) groups is 3. The summed E-state index contributed by atoms with van der Waals surface area (Å²) in [6.07, 6.45) is 6.12. The number of rotatable bonds is 4. The molecule has 9 nitrogen and oxygen atoms in total. The van der Waals surface area contributed by atoms with Crippen LogP contribution in [0.25, 0.3) is 0 Å². The number of likely N-dealkylation sites (tertiary alicyclic amines) is 2. The van der Waals surface area contributed by atoms with Gasteiger partial charge in [0.15, 0.2) is 11.5 Å². The van der Waals surface area contributed by atoms with Crippen LogP contribution in [0.1, 0.15) is 38.5 Å². The van der Waals surface area contributed by atoms with E-state index in [1.807, 2.05) is 9.80 Å². The first kappa shape index (κ1) is 22.4. The van der Waals surface area contributed by atoms with Crippen molar-refractivity contribution < 1.29 is 23.9 Å². The van der Waals surface area contributed by atoms with Gasteiger partial charge in [-0.15, -0.1) is 0 Å². The summed E-state index contributed by atoms with van der Waals surface area (Å²) in [5.41, 5.74) is 0.521. The normalized spacial score (nSPS) is 19.7. The van der Waals surface area contributed by atoms with Gasteiger partial charge in [0.2, 0.25) is 11.8 Å². The molecule has 0 bridgehead atoms. The number of nitrogens with zero attached hydrogens (tertiary/aromatic N) is 2. The van der Waals surface area contributed by atoms with Crippen LogP contribution in [0.5, 0.6) is 11.5 Å². The number of nitrogens with one attached hydrogen (secondary N) is 2. The molecule has 2 N–H and O–H groups in total. The third kappa shape index (κ3) is 5.91. The molecule has 0 aliphatic carbocycles. The average molecular weight is 445 g/mol. The van der Waals surface area contributed by atoms with Crippen molar-refractivity contribution in [3.8, 4) is 11.5 Å². The Morgan fingerprint density at radius 1 is 0.906 bits per heavy atom. The molecule has 0 radical (unpaired) electrons. The summed E-state index contributed by atoms with van der Waals surface area (Å²) in [6, 6.07) is 4.51. The van der Waals surface area contributed by atoms with Gasteiger partial charge in [-0.05, 0) is 50.9 Å². The molecule has 4 amide bonds. The van der Waals surface area contributed by atoms with Crippen molar-refractivity contribution in [2.45, 2.75) is 38.5 Å². The minimum absolute atomic E-state index is 0.0471. The van der Waals surface area contributed by atoms with Gasteiger partial charge in [-0.2, -0.15) is 0 Å². The van der Waals surface area contributed by atoms with E-state index in [1.165, 1.54) is 12.8 Å². The molecule has 174 valence electrons. The maximum Gasteiger partial charge on any atom is 0.325 e. The Bertz CT molecular complexity index is 830. The second-order valence-corrected chi connectivity index (χ2v) is 8.65. The summed E-state index contributed by atoms with van der Waals surface area (Å²) in [7, 11) is 0. The van der Waals surface area contributed by atoms with Crippen LogP contribution in [0, 0.1) is 5.92 Å². The minimum Gasteiger partial charge on any atom is -0.486 e. The summed E-state index contributed by atoms with van der Waals surface area (Å²) in [5.74, 6) is 1.16. The molecule has 0 saturated carbocycles. The zero-order chi connectivity index (χ0) is 22.3. The van der Waals surface area contributed by atoms with Crippen molar-refractivity contribution >= 4 is 23.5 Å². The molecule has 0 aromatic heterocycles. The largest absolute Gasteiger partial charge is 0.486 e. The number of benzene rings is 1. The van der Waals surface area contributed by atoms with Gasteiger partial charge in [0.1, 0.15) is 13.2 Å². The lowest BCUT2D eigenvalue weighted by Crippen LogP contribution is -2.47. The topological polar surface area (TPSA) is 100 Å². The van der Waals surface area contributed by atoms with E-state index in [2.05, 4.69) is 10.6 Å². The molecular weight excluding hydrogens is 412 g/mol. The lowest BCUT2D eigenvalue weighted by molar-refractivity contribution is -0.137. The molecule has 3 aliphatic rings. The van der Waals surface area contributed by atoms with Crippen LogP contribution < -0.4 is 20.1 Å². The lowest BCUT2D eigenvalue weighted by atomic mass is 9.95. The van der Waals surface area contributed by atoms with E-state index in [1.54, 1.807) is 18.2 Å². The molecular formula is C23H32N4O5. The maximum atomic E-state index is 12.8. The molecule has 1 aromatic carbocycles. The Morgan fingerprint density at radius 2 is 1.59 bits per heavy atom. The van der Waals surface area contributed by atoms with Crippen molar-refractivity contribution in [2.75, 3.05) is 51.3 Å². The van der Waals surface area contributed by atoms with Crippen molar-refractivity contribution in [3.05, 3.63) is 18.2 Å². The number of carbonyl (C=O) groups excluding carboxylic acids is 3. The zero-order valence-electron chi connectivity index (χ0n) is 18.4. The van der Waals surface area contributed by atoms with E-state index >= 15 is 0 Å². The first-order chi connectivity index (χ1) is 15.6. The fourth-order valence-corrected chi connectivity index (χ4v) is 4.54. The van der Waals surface area contributed by atoms with E-state index in [9.17, 15) is 14.4 Å². The number of piperidine rings is 1. The van der Waals surface area contributed by atoms with Crippen molar-refractivity contribution in [1.29, 1.82) is 0 Å². The second-order valence-electron chi connectivity index (χ2n) is 8.65. The van der Waals surface area contributed by atoms with Gasteiger partial charge in [-0.3, -0.25) is 19.8 Å². The molecule has 0 spiro atoms. The fourth-order valence-electron chi connectivity index (χ4n) is 4.54. The molecule has 0 unspecified atom stereocenters. The molecule has 4 rings (SSSR count). The predicted octanol–water partition coefficient (Wildman–Crippen LogP) is 2.22. The van der Waals surface area contributed by atoms with Gasteiger partial charge in [-0.25, -0.2) is 4.79 Å². The second kappa shape index (κ2) is 10.7. The molecule has 32 heavy (non-hydrogen) atoms. The Labute approximate surface area is 188 Å². The van der Waals surface area contributed by atoms with Crippen LogP contribution in [-0.2, 0) is 9.59 Å². The summed E-state index contributed by atoms with van der Waals surface area (Å²) in [5, 5.41) is 5.02. The first-order valence-corrected chi connectivity index (χ1v) is 11.6. The number of urea groups is 1. The molecule has 3 aliphatic heterocycles. The molecule has 2 fully saturated rings. The van der Waals surface area contributed by atoms with Gasteiger partial charge >= 0.3 is 6.03 Å². The van der Waals surface area contributed by atoms with Crippen LogP contribution in [0.2, 0.25) is 0 Å². The van der Waals surface area contributed by atoms with E-state index in [0.29, 0.717) is 43.5 Å². The van der Waals surface area contributed by atoms with Crippen molar-refractivity contribution in [2.24, 2.45) is 5.92 Å². The lowest BCUT2D eigenvalue weighted by Gasteiger charge is -2.33. The summed E-state index contributed by atoms with van der Waals surface area (Å²) < 4.78 is 11.0. The highest BCUT2D eigenvalue weighted by atomic mass is 16.6. The number of fused-ring (bicyclic) bond motifs is 1. The van der Waals surface area contributed by atoms with Crippen LogP contribution in [0.4, 0.5) is 10.5 Å². The molecule has 1 aromatic rings. The van der Waals surface area contributed by atoms with Gasteiger partial charge < -0.3 is 19.7 Å². The van der Waals surface area contributed by atoms with Gasteiger partial charge in [0, 0.05) is 30.8 Å². The van der Waals surface area contributed by atoms with E-state index in [-0.39, 0.29) is 24.3 Å². The number of ether oxygens (including phenoxy) is 2. The van der Waals surface area contributed by atoms with Gasteiger partial charge in [0.25, 0.3) is 0 Å². The fraction of sp³-hybridized carbons (Fsp3) is 0.609.